The van der Waals surface area contributed by atoms with Crippen LogP contribution in [-0.2, 0) is 5.41 Å². The van der Waals surface area contributed by atoms with Gasteiger partial charge in [0.05, 0.1) is 0 Å². The molecule has 0 radical (unpaired) electrons. The van der Waals surface area contributed by atoms with Gasteiger partial charge in [-0.1, -0.05) is 52.8 Å². The molecule has 0 aromatic heterocycles. The van der Waals surface area contributed by atoms with Gasteiger partial charge in [0, 0.05) is 17.9 Å². The van der Waals surface area contributed by atoms with Gasteiger partial charge >= 0.3 is 0 Å². The molecule has 1 aliphatic carbocycles. The van der Waals surface area contributed by atoms with Gasteiger partial charge in [-0.3, -0.25) is 0 Å². The number of rotatable bonds is 4. The van der Waals surface area contributed by atoms with Crippen LogP contribution < -0.4 is 10.5 Å². The van der Waals surface area contributed by atoms with Crippen LogP contribution in [0.15, 0.2) is 24.3 Å². The van der Waals surface area contributed by atoms with Gasteiger partial charge in [-0.25, -0.2) is 0 Å². The van der Waals surface area contributed by atoms with Crippen LogP contribution in [0.5, 0.6) is 5.75 Å². The van der Waals surface area contributed by atoms with E-state index in [1.807, 2.05) is 0 Å². The first kappa shape index (κ1) is 15.4. The van der Waals surface area contributed by atoms with Crippen molar-refractivity contribution in [3.8, 4) is 5.75 Å². The first-order valence-electron chi connectivity index (χ1n) is 7.87. The highest BCUT2D eigenvalue weighted by atomic mass is 16.5. The fraction of sp³-hybridized carbons (Fsp3) is 0.667. The van der Waals surface area contributed by atoms with Crippen LogP contribution in [0.3, 0.4) is 0 Å². The summed E-state index contributed by atoms with van der Waals surface area (Å²) in [4.78, 5) is 0. The van der Waals surface area contributed by atoms with Gasteiger partial charge in [-0.05, 0) is 29.9 Å². The predicted octanol–water partition coefficient (Wildman–Crippen LogP) is 4.27. The zero-order valence-corrected chi connectivity index (χ0v) is 13.6. The highest BCUT2D eigenvalue weighted by molar-refractivity contribution is 5.38. The monoisotopic (exact) mass is 275 g/mol. The SMILES string of the molecule is CCC1(CC)C(N)CC1Oc1ccccc1C(C)(C)C. The van der Waals surface area contributed by atoms with E-state index in [4.69, 9.17) is 10.5 Å². The van der Waals surface area contributed by atoms with Gasteiger partial charge in [0.2, 0.25) is 0 Å². The smallest absolute Gasteiger partial charge is 0.123 e. The number of para-hydroxylation sites is 1. The molecule has 1 fully saturated rings. The third kappa shape index (κ3) is 2.46. The normalized spacial score (nSPS) is 25.1. The number of hydrogen-bond acceptors (Lipinski definition) is 2. The average molecular weight is 275 g/mol. The molecule has 2 atom stereocenters. The van der Waals surface area contributed by atoms with Crippen LogP contribution >= 0.6 is 0 Å². The highest BCUT2D eigenvalue weighted by Gasteiger charge is 2.52. The first-order valence-corrected chi connectivity index (χ1v) is 7.87. The second-order valence-electron chi connectivity index (χ2n) is 7.14. The summed E-state index contributed by atoms with van der Waals surface area (Å²) in [7, 11) is 0. The number of nitrogens with two attached hydrogens (primary N) is 1. The lowest BCUT2D eigenvalue weighted by molar-refractivity contribution is -0.0729. The topological polar surface area (TPSA) is 35.2 Å². The van der Waals surface area contributed by atoms with Gasteiger partial charge < -0.3 is 10.5 Å². The van der Waals surface area contributed by atoms with Crippen molar-refractivity contribution in [3.63, 3.8) is 0 Å². The summed E-state index contributed by atoms with van der Waals surface area (Å²) in [5.41, 5.74) is 7.80. The molecule has 2 heteroatoms. The quantitative estimate of drug-likeness (QED) is 0.890. The van der Waals surface area contributed by atoms with E-state index in [-0.39, 0.29) is 23.0 Å². The van der Waals surface area contributed by atoms with Gasteiger partial charge in [-0.2, -0.15) is 0 Å². The first-order chi connectivity index (χ1) is 9.35. The van der Waals surface area contributed by atoms with E-state index in [1.54, 1.807) is 0 Å². The van der Waals surface area contributed by atoms with Crippen LogP contribution in [0.2, 0.25) is 0 Å². The molecule has 1 aliphatic rings. The molecular formula is C18H29NO. The van der Waals surface area contributed by atoms with Crippen LogP contribution in [0.1, 0.15) is 59.4 Å². The third-order valence-corrected chi connectivity index (χ3v) is 5.13. The van der Waals surface area contributed by atoms with Crippen molar-refractivity contribution in [1.82, 2.24) is 0 Å². The molecule has 0 amide bonds. The molecule has 1 saturated carbocycles. The van der Waals surface area contributed by atoms with E-state index in [0.29, 0.717) is 0 Å². The molecule has 0 aliphatic heterocycles. The van der Waals surface area contributed by atoms with Gasteiger partial charge in [-0.15, -0.1) is 0 Å². The highest BCUT2D eigenvalue weighted by Crippen LogP contribution is 2.48. The van der Waals surface area contributed by atoms with Crippen molar-refractivity contribution in [2.24, 2.45) is 11.1 Å². The van der Waals surface area contributed by atoms with E-state index in [0.717, 1.165) is 25.0 Å². The van der Waals surface area contributed by atoms with E-state index < -0.39 is 0 Å². The molecule has 2 rings (SSSR count). The molecule has 0 bridgehead atoms. The molecule has 2 N–H and O–H groups in total. The number of benzene rings is 1. The lowest BCUT2D eigenvalue weighted by atomic mass is 9.59. The van der Waals surface area contributed by atoms with Gasteiger partial charge in [0.1, 0.15) is 11.9 Å². The summed E-state index contributed by atoms with van der Waals surface area (Å²) < 4.78 is 6.40. The molecule has 2 unspecified atom stereocenters. The Balaban J connectivity index is 2.24. The maximum atomic E-state index is 6.40. The third-order valence-electron chi connectivity index (χ3n) is 5.13. The van der Waals surface area contributed by atoms with Crippen LogP contribution in [0.25, 0.3) is 0 Å². The summed E-state index contributed by atoms with van der Waals surface area (Å²) in [6, 6.07) is 8.70. The Hall–Kier alpha value is -1.02. The lowest BCUT2D eigenvalue weighted by Gasteiger charge is -2.53. The molecular weight excluding hydrogens is 246 g/mol. The minimum absolute atomic E-state index is 0.101. The number of ether oxygens (including phenoxy) is 1. The fourth-order valence-electron chi connectivity index (χ4n) is 3.52. The minimum atomic E-state index is 0.101. The van der Waals surface area contributed by atoms with Crippen molar-refractivity contribution in [2.75, 3.05) is 0 Å². The Morgan fingerprint density at radius 1 is 1.20 bits per heavy atom. The van der Waals surface area contributed by atoms with E-state index >= 15 is 0 Å². The maximum absolute atomic E-state index is 6.40. The second-order valence-corrected chi connectivity index (χ2v) is 7.14. The summed E-state index contributed by atoms with van der Waals surface area (Å²) in [6.45, 7) is 11.2. The van der Waals surface area contributed by atoms with Crippen molar-refractivity contribution >= 4 is 0 Å². The Bertz CT molecular complexity index is 457. The largest absolute Gasteiger partial charge is 0.489 e. The van der Waals surface area contributed by atoms with E-state index in [2.05, 4.69) is 58.9 Å². The number of hydrogen-bond donors (Lipinski definition) is 1. The van der Waals surface area contributed by atoms with Crippen LogP contribution in [0, 0.1) is 5.41 Å². The van der Waals surface area contributed by atoms with Crippen LogP contribution in [0.4, 0.5) is 0 Å². The van der Waals surface area contributed by atoms with Gasteiger partial charge in [0.15, 0.2) is 0 Å². The van der Waals surface area contributed by atoms with Gasteiger partial charge in [0.25, 0.3) is 0 Å². The fourth-order valence-corrected chi connectivity index (χ4v) is 3.52. The van der Waals surface area contributed by atoms with E-state index in [9.17, 15) is 0 Å². The Kier molecular flexibility index (Phi) is 4.15. The molecule has 0 spiro atoms. The second kappa shape index (κ2) is 5.40. The van der Waals surface area contributed by atoms with E-state index in [1.165, 1.54) is 5.56 Å². The maximum Gasteiger partial charge on any atom is 0.123 e. The van der Waals surface area contributed by atoms with Crippen molar-refractivity contribution in [2.45, 2.75) is 71.4 Å². The molecule has 112 valence electrons. The molecule has 20 heavy (non-hydrogen) atoms. The Morgan fingerprint density at radius 2 is 1.80 bits per heavy atom. The van der Waals surface area contributed by atoms with Crippen LogP contribution in [-0.4, -0.2) is 12.1 Å². The standard InChI is InChI=1S/C18H29NO/c1-6-18(7-2)15(19)12-16(18)20-14-11-9-8-10-13(14)17(3,4)5/h8-11,15-16H,6-7,12,19H2,1-5H3. The average Bonchev–Trinajstić information content (AvgIpc) is 2.39. The lowest BCUT2D eigenvalue weighted by Crippen LogP contribution is -2.63. The summed E-state index contributed by atoms with van der Waals surface area (Å²) in [5, 5.41) is 0. The Labute approximate surface area is 123 Å². The zero-order valence-electron chi connectivity index (χ0n) is 13.6. The zero-order chi connectivity index (χ0) is 15.0. The molecule has 2 nitrogen and oxygen atoms in total. The molecule has 1 aromatic carbocycles. The molecule has 0 saturated heterocycles. The Morgan fingerprint density at radius 3 is 2.30 bits per heavy atom. The minimum Gasteiger partial charge on any atom is -0.489 e. The summed E-state index contributed by atoms with van der Waals surface area (Å²) in [6.07, 6.45) is 3.41. The predicted molar refractivity (Wildman–Crippen MR) is 85.2 cm³/mol. The molecule has 1 aromatic rings. The van der Waals surface area contributed by atoms with Crippen molar-refractivity contribution < 1.29 is 4.74 Å². The summed E-state index contributed by atoms with van der Waals surface area (Å²) >= 11 is 0. The summed E-state index contributed by atoms with van der Waals surface area (Å²) in [5.74, 6) is 1.03. The van der Waals surface area contributed by atoms with Crippen molar-refractivity contribution in [3.05, 3.63) is 29.8 Å². The van der Waals surface area contributed by atoms with Crippen molar-refractivity contribution in [1.29, 1.82) is 0 Å². The molecule has 0 heterocycles.